The standard InChI is InChI=1S/C11H12IN3S/c12-11-13-9(15-5-2-1-3-6-15)8-4-7-16-10(8)14-11/h4,7H,1-3,5-6H2. The fraction of sp³-hybridized carbons (Fsp3) is 0.455. The summed E-state index contributed by atoms with van der Waals surface area (Å²) >= 11 is 3.90. The van der Waals surface area contributed by atoms with Gasteiger partial charge in [-0.25, -0.2) is 9.97 Å². The van der Waals surface area contributed by atoms with Gasteiger partial charge in [0.05, 0.1) is 5.39 Å². The summed E-state index contributed by atoms with van der Waals surface area (Å²) < 4.78 is 0.855. The van der Waals surface area contributed by atoms with Crippen molar-refractivity contribution in [3.63, 3.8) is 0 Å². The Balaban J connectivity index is 2.09. The lowest BCUT2D eigenvalue weighted by Gasteiger charge is -2.28. The Kier molecular flexibility index (Phi) is 2.97. The molecule has 0 bridgehead atoms. The number of hydrogen-bond acceptors (Lipinski definition) is 4. The first-order valence-corrected chi connectivity index (χ1v) is 7.46. The summed E-state index contributed by atoms with van der Waals surface area (Å²) in [5, 5.41) is 3.32. The molecule has 3 nitrogen and oxygen atoms in total. The molecule has 0 N–H and O–H groups in total. The van der Waals surface area contributed by atoms with Gasteiger partial charge in [0.25, 0.3) is 0 Å². The average molecular weight is 345 g/mol. The Morgan fingerprint density at radius 2 is 2.00 bits per heavy atom. The lowest BCUT2D eigenvalue weighted by Crippen LogP contribution is -2.30. The fourth-order valence-electron chi connectivity index (χ4n) is 2.16. The average Bonchev–Trinajstić information content (AvgIpc) is 2.77. The minimum Gasteiger partial charge on any atom is -0.356 e. The number of aromatic nitrogens is 2. The summed E-state index contributed by atoms with van der Waals surface area (Å²) in [7, 11) is 0. The number of halogens is 1. The Bertz CT molecular complexity index is 505. The number of anilines is 1. The zero-order valence-electron chi connectivity index (χ0n) is 8.82. The molecule has 0 aromatic carbocycles. The molecule has 84 valence electrons. The summed E-state index contributed by atoms with van der Waals surface area (Å²) in [4.78, 5) is 12.6. The van der Waals surface area contributed by atoms with Gasteiger partial charge in [0.15, 0.2) is 3.83 Å². The third-order valence-electron chi connectivity index (χ3n) is 2.93. The van der Waals surface area contributed by atoms with Gasteiger partial charge < -0.3 is 4.90 Å². The largest absolute Gasteiger partial charge is 0.356 e. The van der Waals surface area contributed by atoms with Crippen LogP contribution in [-0.2, 0) is 0 Å². The van der Waals surface area contributed by atoms with Gasteiger partial charge in [-0.3, -0.25) is 0 Å². The molecule has 1 fully saturated rings. The maximum absolute atomic E-state index is 4.61. The molecule has 0 spiro atoms. The lowest BCUT2D eigenvalue weighted by molar-refractivity contribution is 0.574. The molecule has 5 heteroatoms. The molecule has 0 saturated carbocycles. The molecule has 0 unspecified atom stereocenters. The second-order valence-electron chi connectivity index (χ2n) is 4.00. The molecule has 0 aliphatic carbocycles. The molecule has 1 aliphatic heterocycles. The van der Waals surface area contributed by atoms with Gasteiger partial charge >= 0.3 is 0 Å². The van der Waals surface area contributed by atoms with Crippen molar-refractivity contribution < 1.29 is 0 Å². The first-order chi connectivity index (χ1) is 7.84. The third-order valence-corrected chi connectivity index (χ3v) is 4.22. The van der Waals surface area contributed by atoms with E-state index in [1.807, 2.05) is 0 Å². The van der Waals surface area contributed by atoms with E-state index in [0.29, 0.717) is 0 Å². The maximum atomic E-state index is 4.61. The number of fused-ring (bicyclic) bond motifs is 1. The van der Waals surface area contributed by atoms with Crippen LogP contribution in [0.5, 0.6) is 0 Å². The van der Waals surface area contributed by atoms with Gasteiger partial charge in [-0.15, -0.1) is 11.3 Å². The monoisotopic (exact) mass is 345 g/mol. The van der Waals surface area contributed by atoms with Crippen molar-refractivity contribution in [3.05, 3.63) is 15.3 Å². The quantitative estimate of drug-likeness (QED) is 0.587. The molecule has 16 heavy (non-hydrogen) atoms. The van der Waals surface area contributed by atoms with E-state index in [9.17, 15) is 0 Å². The molecule has 0 atom stereocenters. The summed E-state index contributed by atoms with van der Waals surface area (Å²) in [6, 6.07) is 2.14. The van der Waals surface area contributed by atoms with Crippen LogP contribution in [0.1, 0.15) is 19.3 Å². The normalized spacial score (nSPS) is 16.9. The van der Waals surface area contributed by atoms with Gasteiger partial charge in [0.2, 0.25) is 0 Å². The zero-order valence-corrected chi connectivity index (χ0v) is 11.8. The summed E-state index contributed by atoms with van der Waals surface area (Å²) in [5.41, 5.74) is 0. The highest BCUT2D eigenvalue weighted by atomic mass is 127. The SMILES string of the molecule is Ic1nc(N2CCCCC2)c2ccsc2n1. The molecule has 3 rings (SSSR count). The van der Waals surface area contributed by atoms with Crippen molar-refractivity contribution in [2.75, 3.05) is 18.0 Å². The second-order valence-corrected chi connectivity index (χ2v) is 5.86. The lowest BCUT2D eigenvalue weighted by atomic mass is 10.1. The molecule has 0 radical (unpaired) electrons. The van der Waals surface area contributed by atoms with Crippen LogP contribution in [0.3, 0.4) is 0 Å². The van der Waals surface area contributed by atoms with Gasteiger partial charge in [-0.2, -0.15) is 0 Å². The highest BCUT2D eigenvalue weighted by Gasteiger charge is 2.16. The van der Waals surface area contributed by atoms with E-state index in [1.54, 1.807) is 11.3 Å². The molecule has 3 heterocycles. The predicted molar refractivity (Wildman–Crippen MR) is 76.2 cm³/mol. The summed E-state index contributed by atoms with van der Waals surface area (Å²) in [6.45, 7) is 2.27. The maximum Gasteiger partial charge on any atom is 0.194 e. The van der Waals surface area contributed by atoms with Crippen molar-refractivity contribution in [2.24, 2.45) is 0 Å². The second kappa shape index (κ2) is 4.44. The fourth-order valence-corrected chi connectivity index (χ4v) is 3.55. The van der Waals surface area contributed by atoms with Gasteiger partial charge in [-0.05, 0) is 30.7 Å². The van der Waals surface area contributed by atoms with Crippen LogP contribution in [0.15, 0.2) is 11.4 Å². The topological polar surface area (TPSA) is 29.0 Å². The van der Waals surface area contributed by atoms with Crippen molar-refractivity contribution in [2.45, 2.75) is 19.3 Å². The van der Waals surface area contributed by atoms with Gasteiger partial charge in [0.1, 0.15) is 10.6 Å². The molecule has 1 aliphatic rings. The van der Waals surface area contributed by atoms with E-state index >= 15 is 0 Å². The Morgan fingerprint density at radius 1 is 1.19 bits per heavy atom. The highest BCUT2D eigenvalue weighted by Crippen LogP contribution is 2.29. The van der Waals surface area contributed by atoms with Crippen LogP contribution >= 0.6 is 33.9 Å². The zero-order chi connectivity index (χ0) is 11.0. The smallest absolute Gasteiger partial charge is 0.194 e. The molecule has 1 saturated heterocycles. The summed E-state index contributed by atoms with van der Waals surface area (Å²) in [6.07, 6.45) is 3.92. The van der Waals surface area contributed by atoms with E-state index in [2.05, 4.69) is 48.9 Å². The van der Waals surface area contributed by atoms with Crippen molar-refractivity contribution in [1.29, 1.82) is 0 Å². The molecular formula is C11H12IN3S. The Morgan fingerprint density at radius 3 is 2.81 bits per heavy atom. The first kappa shape index (κ1) is 10.7. The Labute approximate surface area is 112 Å². The Hall–Kier alpha value is -0.430. The van der Waals surface area contributed by atoms with E-state index < -0.39 is 0 Å². The van der Waals surface area contributed by atoms with Gasteiger partial charge in [-0.1, -0.05) is 0 Å². The van der Waals surface area contributed by atoms with Crippen molar-refractivity contribution >= 4 is 50.0 Å². The van der Waals surface area contributed by atoms with Crippen LogP contribution < -0.4 is 4.90 Å². The van der Waals surface area contributed by atoms with Crippen LogP contribution in [0.2, 0.25) is 0 Å². The van der Waals surface area contributed by atoms with Crippen LogP contribution in [-0.4, -0.2) is 23.1 Å². The van der Waals surface area contributed by atoms with Crippen molar-refractivity contribution in [3.8, 4) is 0 Å². The van der Waals surface area contributed by atoms with E-state index in [4.69, 9.17) is 0 Å². The summed E-state index contributed by atoms with van der Waals surface area (Å²) in [5.74, 6) is 1.13. The van der Waals surface area contributed by atoms with Gasteiger partial charge in [0, 0.05) is 35.7 Å². The molecule has 2 aromatic rings. The van der Waals surface area contributed by atoms with Crippen molar-refractivity contribution in [1.82, 2.24) is 9.97 Å². The van der Waals surface area contributed by atoms with Crippen LogP contribution in [0.4, 0.5) is 5.82 Å². The highest BCUT2D eigenvalue weighted by molar-refractivity contribution is 14.1. The molecular weight excluding hydrogens is 333 g/mol. The number of nitrogens with zero attached hydrogens (tertiary/aromatic N) is 3. The predicted octanol–water partition coefficient (Wildman–Crippen LogP) is 3.29. The number of piperidine rings is 1. The van der Waals surface area contributed by atoms with Crippen LogP contribution in [0.25, 0.3) is 10.2 Å². The van der Waals surface area contributed by atoms with Crippen LogP contribution in [0, 0.1) is 3.83 Å². The van der Waals surface area contributed by atoms with E-state index in [1.165, 1.54) is 24.6 Å². The minimum absolute atomic E-state index is 0.855. The first-order valence-electron chi connectivity index (χ1n) is 5.50. The molecule has 2 aromatic heterocycles. The van der Waals surface area contributed by atoms with E-state index in [0.717, 1.165) is 27.6 Å². The number of hydrogen-bond donors (Lipinski definition) is 0. The molecule has 0 amide bonds. The van der Waals surface area contributed by atoms with E-state index in [-0.39, 0.29) is 0 Å². The number of thiophene rings is 1. The third kappa shape index (κ3) is 1.90. The minimum atomic E-state index is 0.855. The number of rotatable bonds is 1.